The van der Waals surface area contributed by atoms with Gasteiger partial charge in [-0.3, -0.25) is 14.6 Å². The van der Waals surface area contributed by atoms with Gasteiger partial charge in [-0.1, -0.05) is 6.07 Å². The average molecular weight is 373 g/mol. The number of rotatable bonds is 5. The molecule has 0 atom stereocenters. The number of aromatic nitrogens is 1. The molecule has 27 heavy (non-hydrogen) atoms. The molecule has 0 radical (unpaired) electrons. The summed E-state index contributed by atoms with van der Waals surface area (Å²) in [4.78, 5) is 28.0. The van der Waals surface area contributed by atoms with Crippen LogP contribution in [-0.2, 0) is 13.2 Å². The molecule has 0 aliphatic carbocycles. The van der Waals surface area contributed by atoms with Gasteiger partial charge in [-0.25, -0.2) is 0 Å². The third-order valence-electron chi connectivity index (χ3n) is 3.85. The molecule has 0 saturated heterocycles. The van der Waals surface area contributed by atoms with E-state index in [9.17, 15) is 30.0 Å². The van der Waals surface area contributed by atoms with Gasteiger partial charge in [0.05, 0.1) is 0 Å². The van der Waals surface area contributed by atoms with Gasteiger partial charge >= 0.3 is 0 Å². The highest BCUT2D eigenvalue weighted by atomic mass is 16.4. The fourth-order valence-electron chi connectivity index (χ4n) is 2.63. The van der Waals surface area contributed by atoms with Gasteiger partial charge < -0.3 is 29.3 Å². The first-order valence-electron chi connectivity index (χ1n) is 7.79. The zero-order chi connectivity index (χ0) is 19.6. The highest BCUT2D eigenvalue weighted by Crippen LogP contribution is 2.38. The van der Waals surface area contributed by atoms with Crippen molar-refractivity contribution in [2.45, 2.75) is 19.1 Å². The molecule has 140 valence electrons. The molecule has 0 fully saturated rings. The second kappa shape index (κ2) is 7.44. The normalized spacial score (nSPS) is 11.1. The molecule has 3 aromatic rings. The summed E-state index contributed by atoms with van der Waals surface area (Å²) in [7, 11) is 0. The molecule has 3 rings (SSSR count). The zero-order valence-electron chi connectivity index (χ0n) is 13.8. The molecule has 0 amide bonds. The molecule has 0 unspecified atom stereocenters. The number of hydrogen-bond donors (Lipinski definition) is 4. The Hall–Kier alpha value is -3.43. The average Bonchev–Trinajstić information content (AvgIpc) is 2.68. The van der Waals surface area contributed by atoms with Crippen LogP contribution in [0.25, 0.3) is 0 Å². The van der Waals surface area contributed by atoms with E-state index in [1.165, 1.54) is 12.4 Å². The van der Waals surface area contributed by atoms with E-state index in [0.29, 0.717) is 5.56 Å². The summed E-state index contributed by atoms with van der Waals surface area (Å²) in [6.07, 6.45) is 2.84. The summed E-state index contributed by atoms with van der Waals surface area (Å²) in [5, 5.41) is 39.1. The van der Waals surface area contributed by atoms with Crippen molar-refractivity contribution in [3.8, 4) is 11.5 Å². The minimum absolute atomic E-state index is 0.137. The summed E-state index contributed by atoms with van der Waals surface area (Å²) < 4.78 is 10.8. The van der Waals surface area contributed by atoms with Crippen LogP contribution < -0.4 is 10.9 Å². The first kappa shape index (κ1) is 18.4. The third kappa shape index (κ3) is 3.46. The van der Waals surface area contributed by atoms with Crippen LogP contribution in [-0.4, -0.2) is 25.4 Å². The highest BCUT2D eigenvalue weighted by molar-refractivity contribution is 5.44. The Morgan fingerprint density at radius 2 is 1.44 bits per heavy atom. The quantitative estimate of drug-likeness (QED) is 0.502. The molecule has 0 aliphatic heterocycles. The predicted octanol–water partition coefficient (Wildman–Crippen LogP) is 0.564. The first-order valence-corrected chi connectivity index (χ1v) is 7.79. The lowest BCUT2D eigenvalue weighted by molar-refractivity contribution is 0.225. The number of aliphatic hydroxyl groups excluding tert-OH is 2. The molecule has 9 nitrogen and oxygen atoms in total. The van der Waals surface area contributed by atoms with Gasteiger partial charge in [-0.15, -0.1) is 0 Å². The van der Waals surface area contributed by atoms with E-state index in [2.05, 4.69) is 4.98 Å². The van der Waals surface area contributed by atoms with Crippen LogP contribution in [0.4, 0.5) is 0 Å². The Balaban J connectivity index is 2.37. The Bertz CT molecular complexity index is 1000. The maximum Gasteiger partial charge on any atom is 0.227 e. The Morgan fingerprint density at radius 3 is 1.85 bits per heavy atom. The van der Waals surface area contributed by atoms with Crippen molar-refractivity contribution >= 4 is 0 Å². The van der Waals surface area contributed by atoms with Crippen molar-refractivity contribution < 1.29 is 29.3 Å². The second-order valence-corrected chi connectivity index (χ2v) is 5.62. The van der Waals surface area contributed by atoms with Crippen LogP contribution in [0.2, 0.25) is 0 Å². The van der Waals surface area contributed by atoms with Gasteiger partial charge in [-0.05, 0) is 11.6 Å². The van der Waals surface area contributed by atoms with Crippen LogP contribution in [0.15, 0.2) is 55.1 Å². The Labute approximate surface area is 151 Å². The SMILES string of the molecule is O=c1cc(CO)oc(C(c2cccnc2)c2oc(CO)cc(=O)c2O)c1O. The van der Waals surface area contributed by atoms with Gasteiger partial charge in [-0.2, -0.15) is 0 Å². The highest BCUT2D eigenvalue weighted by Gasteiger charge is 2.31. The van der Waals surface area contributed by atoms with E-state index < -0.39 is 41.5 Å². The molecule has 4 N–H and O–H groups in total. The molecule has 0 aromatic carbocycles. The monoisotopic (exact) mass is 373 g/mol. The number of nitrogens with zero attached hydrogens (tertiary/aromatic N) is 1. The molecule has 0 bridgehead atoms. The molecule has 9 heteroatoms. The van der Waals surface area contributed by atoms with E-state index in [1.54, 1.807) is 12.1 Å². The van der Waals surface area contributed by atoms with Crippen molar-refractivity contribution in [3.63, 3.8) is 0 Å². The molecular formula is C18H15NO8. The maximum absolute atomic E-state index is 12.0. The first-order chi connectivity index (χ1) is 13.0. The van der Waals surface area contributed by atoms with Gasteiger partial charge in [0.1, 0.15) is 30.7 Å². The van der Waals surface area contributed by atoms with Crippen LogP contribution >= 0.6 is 0 Å². The van der Waals surface area contributed by atoms with Crippen molar-refractivity contribution in [2.24, 2.45) is 0 Å². The van der Waals surface area contributed by atoms with Crippen LogP contribution in [0.5, 0.6) is 11.5 Å². The zero-order valence-corrected chi connectivity index (χ0v) is 13.8. The van der Waals surface area contributed by atoms with Crippen LogP contribution in [0.1, 0.15) is 34.5 Å². The number of aliphatic hydroxyl groups is 2. The minimum atomic E-state index is -1.24. The number of pyridine rings is 1. The molecule has 3 aromatic heterocycles. The van der Waals surface area contributed by atoms with Gasteiger partial charge in [0.2, 0.25) is 22.4 Å². The lowest BCUT2D eigenvalue weighted by Crippen LogP contribution is -2.14. The minimum Gasteiger partial charge on any atom is -0.502 e. The predicted molar refractivity (Wildman–Crippen MR) is 90.3 cm³/mol. The Morgan fingerprint density at radius 1 is 0.926 bits per heavy atom. The molecule has 0 saturated carbocycles. The lowest BCUT2D eigenvalue weighted by Gasteiger charge is -2.18. The van der Waals surface area contributed by atoms with Crippen LogP contribution in [0, 0.1) is 0 Å². The molecule has 0 spiro atoms. The summed E-state index contributed by atoms with van der Waals surface area (Å²) in [5.74, 6) is -3.78. The number of hydrogen-bond acceptors (Lipinski definition) is 9. The fraction of sp³-hybridized carbons (Fsp3) is 0.167. The van der Waals surface area contributed by atoms with Crippen molar-refractivity contribution in [3.05, 3.63) is 85.7 Å². The van der Waals surface area contributed by atoms with E-state index in [4.69, 9.17) is 8.83 Å². The fourth-order valence-corrected chi connectivity index (χ4v) is 2.63. The van der Waals surface area contributed by atoms with Crippen molar-refractivity contribution in [2.75, 3.05) is 0 Å². The van der Waals surface area contributed by atoms with Crippen LogP contribution in [0.3, 0.4) is 0 Å². The summed E-state index contributed by atoms with van der Waals surface area (Å²) in [6, 6.07) is 4.94. The summed E-state index contributed by atoms with van der Waals surface area (Å²) in [6.45, 7) is -1.23. The second-order valence-electron chi connectivity index (χ2n) is 5.62. The van der Waals surface area contributed by atoms with Gasteiger partial charge in [0, 0.05) is 24.5 Å². The Kier molecular flexibility index (Phi) is 5.06. The molecule has 0 aliphatic rings. The summed E-state index contributed by atoms with van der Waals surface area (Å²) >= 11 is 0. The smallest absolute Gasteiger partial charge is 0.227 e. The van der Waals surface area contributed by atoms with E-state index in [0.717, 1.165) is 12.1 Å². The van der Waals surface area contributed by atoms with Gasteiger partial charge in [0.25, 0.3) is 0 Å². The largest absolute Gasteiger partial charge is 0.502 e. The van der Waals surface area contributed by atoms with E-state index in [-0.39, 0.29) is 23.0 Å². The summed E-state index contributed by atoms with van der Waals surface area (Å²) in [5.41, 5.74) is -1.33. The van der Waals surface area contributed by atoms with Crippen molar-refractivity contribution in [1.82, 2.24) is 4.98 Å². The van der Waals surface area contributed by atoms with Gasteiger partial charge in [0.15, 0.2) is 11.5 Å². The topological polar surface area (TPSA) is 154 Å². The third-order valence-corrected chi connectivity index (χ3v) is 3.85. The number of aromatic hydroxyl groups is 2. The van der Waals surface area contributed by atoms with Crippen molar-refractivity contribution in [1.29, 1.82) is 0 Å². The van der Waals surface area contributed by atoms with E-state index >= 15 is 0 Å². The molecular weight excluding hydrogens is 358 g/mol. The van der Waals surface area contributed by atoms with E-state index in [1.807, 2.05) is 0 Å². The lowest BCUT2D eigenvalue weighted by atomic mass is 9.93. The maximum atomic E-state index is 12.0. The standard InChI is InChI=1S/C18H15NO8/c20-7-10-4-12(22)15(24)17(26-10)14(9-2-1-3-19-6-9)18-16(25)13(23)5-11(8-21)27-18/h1-6,14,20-21,24-25H,7-8H2. The molecule has 3 heterocycles.